The van der Waals surface area contributed by atoms with Crippen LogP contribution in [0.4, 0.5) is 10.5 Å². The highest BCUT2D eigenvalue weighted by molar-refractivity contribution is 6.44. The summed E-state index contributed by atoms with van der Waals surface area (Å²) >= 11 is 12.2. The Kier molecular flexibility index (Phi) is 6.97. The van der Waals surface area contributed by atoms with Crippen molar-refractivity contribution in [1.29, 1.82) is 0 Å². The molecule has 0 saturated heterocycles. The number of hydrogen-bond donors (Lipinski definition) is 0. The molecule has 22 heavy (non-hydrogen) atoms. The third-order valence-electron chi connectivity index (χ3n) is 2.71. The molecule has 0 bridgehead atoms. The molecule has 122 valence electrons. The van der Waals surface area contributed by atoms with Crippen LogP contribution < -0.4 is 4.90 Å². The first-order valence-corrected chi connectivity index (χ1v) is 7.72. The predicted molar refractivity (Wildman–Crippen MR) is 87.1 cm³/mol. The Balaban J connectivity index is 3.37. The van der Waals surface area contributed by atoms with Crippen LogP contribution in [0.2, 0.25) is 10.0 Å². The van der Waals surface area contributed by atoms with Gasteiger partial charge in [0.2, 0.25) is 0 Å². The fourth-order valence-corrected chi connectivity index (χ4v) is 2.24. The molecule has 0 saturated carbocycles. The molecule has 0 aliphatic carbocycles. The number of ether oxygens (including phenoxy) is 2. The van der Waals surface area contributed by atoms with Crippen LogP contribution >= 0.6 is 23.2 Å². The summed E-state index contributed by atoms with van der Waals surface area (Å²) < 4.78 is 10.2. The zero-order valence-electron chi connectivity index (χ0n) is 13.0. The van der Waals surface area contributed by atoms with Gasteiger partial charge in [-0.15, -0.1) is 0 Å². The molecule has 1 rings (SSSR count). The lowest BCUT2D eigenvalue weighted by atomic mass is 10.1. The van der Waals surface area contributed by atoms with Crippen molar-refractivity contribution in [2.75, 3.05) is 18.1 Å². The standard InChI is InChI=1S/C15H19Cl2NO4/c1-5-18(15(20)22-9(3)4)13-10(14(19)21-6-2)7-8-11(16)12(13)17/h7-9H,5-6H2,1-4H3. The van der Waals surface area contributed by atoms with E-state index in [-0.39, 0.29) is 40.6 Å². The van der Waals surface area contributed by atoms with Crippen molar-refractivity contribution in [2.24, 2.45) is 0 Å². The normalized spacial score (nSPS) is 10.5. The fraction of sp³-hybridized carbons (Fsp3) is 0.467. The Bertz CT molecular complexity index is 561. The Labute approximate surface area is 140 Å². The highest BCUT2D eigenvalue weighted by Crippen LogP contribution is 2.36. The van der Waals surface area contributed by atoms with Gasteiger partial charge in [-0.3, -0.25) is 4.90 Å². The molecule has 0 atom stereocenters. The molecule has 0 spiro atoms. The number of carbonyl (C=O) groups is 2. The Morgan fingerprint density at radius 3 is 2.36 bits per heavy atom. The van der Waals surface area contributed by atoms with Crippen molar-refractivity contribution in [3.8, 4) is 0 Å². The molecule has 0 aliphatic rings. The van der Waals surface area contributed by atoms with Crippen LogP contribution in [0.5, 0.6) is 0 Å². The highest BCUT2D eigenvalue weighted by Gasteiger charge is 2.27. The molecule has 7 heteroatoms. The van der Waals surface area contributed by atoms with E-state index < -0.39 is 12.1 Å². The van der Waals surface area contributed by atoms with Crippen molar-refractivity contribution in [3.63, 3.8) is 0 Å². The van der Waals surface area contributed by atoms with E-state index in [1.54, 1.807) is 27.7 Å². The Morgan fingerprint density at radius 2 is 1.86 bits per heavy atom. The van der Waals surface area contributed by atoms with Crippen molar-refractivity contribution >= 4 is 41.0 Å². The number of amides is 1. The zero-order chi connectivity index (χ0) is 16.9. The maximum Gasteiger partial charge on any atom is 0.414 e. The molecular formula is C15H19Cl2NO4. The van der Waals surface area contributed by atoms with E-state index in [0.717, 1.165) is 0 Å². The molecule has 1 amide bonds. The van der Waals surface area contributed by atoms with E-state index in [4.69, 9.17) is 32.7 Å². The van der Waals surface area contributed by atoms with Crippen molar-refractivity contribution in [1.82, 2.24) is 0 Å². The summed E-state index contributed by atoms with van der Waals surface area (Å²) in [4.78, 5) is 25.6. The lowest BCUT2D eigenvalue weighted by Gasteiger charge is -2.25. The van der Waals surface area contributed by atoms with Gasteiger partial charge < -0.3 is 9.47 Å². The van der Waals surface area contributed by atoms with E-state index in [2.05, 4.69) is 0 Å². The minimum Gasteiger partial charge on any atom is -0.462 e. The number of rotatable bonds is 5. The zero-order valence-corrected chi connectivity index (χ0v) is 14.5. The van der Waals surface area contributed by atoms with E-state index >= 15 is 0 Å². The quantitative estimate of drug-likeness (QED) is 0.733. The number of esters is 1. The van der Waals surface area contributed by atoms with Gasteiger partial charge in [0, 0.05) is 6.54 Å². The number of anilines is 1. The summed E-state index contributed by atoms with van der Waals surface area (Å²) in [7, 11) is 0. The maximum atomic E-state index is 12.2. The van der Waals surface area contributed by atoms with Crippen LogP contribution in [0.3, 0.4) is 0 Å². The van der Waals surface area contributed by atoms with Gasteiger partial charge in [-0.1, -0.05) is 23.2 Å². The molecule has 0 unspecified atom stereocenters. The lowest BCUT2D eigenvalue weighted by Crippen LogP contribution is -2.34. The summed E-state index contributed by atoms with van der Waals surface area (Å²) in [5.41, 5.74) is 0.361. The summed E-state index contributed by atoms with van der Waals surface area (Å²) in [6, 6.07) is 2.97. The third-order valence-corrected chi connectivity index (χ3v) is 3.50. The minimum absolute atomic E-state index is 0.106. The van der Waals surface area contributed by atoms with Gasteiger partial charge in [0.1, 0.15) is 0 Å². The van der Waals surface area contributed by atoms with Crippen LogP contribution in [-0.2, 0) is 9.47 Å². The van der Waals surface area contributed by atoms with Crippen LogP contribution in [0, 0.1) is 0 Å². The van der Waals surface area contributed by atoms with Crippen molar-refractivity contribution in [2.45, 2.75) is 33.8 Å². The lowest BCUT2D eigenvalue weighted by molar-refractivity contribution is 0.0527. The predicted octanol–water partition coefficient (Wildman–Crippen LogP) is 4.54. The second-order valence-electron chi connectivity index (χ2n) is 4.65. The third kappa shape index (κ3) is 4.27. The number of halogens is 2. The van der Waals surface area contributed by atoms with Gasteiger partial charge in [0.15, 0.2) is 0 Å². The second kappa shape index (κ2) is 8.25. The highest BCUT2D eigenvalue weighted by atomic mass is 35.5. The first kappa shape index (κ1) is 18.6. The van der Waals surface area contributed by atoms with Crippen molar-refractivity contribution < 1.29 is 19.1 Å². The van der Waals surface area contributed by atoms with Gasteiger partial charge >= 0.3 is 12.1 Å². The smallest absolute Gasteiger partial charge is 0.414 e. The van der Waals surface area contributed by atoms with E-state index in [1.165, 1.54) is 17.0 Å². The first-order chi connectivity index (χ1) is 10.3. The topological polar surface area (TPSA) is 55.8 Å². The molecule has 0 aliphatic heterocycles. The average Bonchev–Trinajstić information content (AvgIpc) is 2.43. The molecule has 0 N–H and O–H groups in total. The number of hydrogen-bond acceptors (Lipinski definition) is 4. The van der Waals surface area contributed by atoms with Crippen LogP contribution in [-0.4, -0.2) is 31.3 Å². The summed E-state index contributed by atoms with van der Waals surface area (Å²) in [5, 5.41) is 0.343. The fourth-order valence-electron chi connectivity index (χ4n) is 1.82. The van der Waals surface area contributed by atoms with Crippen molar-refractivity contribution in [3.05, 3.63) is 27.7 Å². The van der Waals surface area contributed by atoms with Crippen LogP contribution in [0.1, 0.15) is 38.1 Å². The number of benzene rings is 1. The average molecular weight is 348 g/mol. The van der Waals surface area contributed by atoms with Gasteiger partial charge in [-0.25, -0.2) is 9.59 Å². The number of nitrogens with zero attached hydrogens (tertiary/aromatic N) is 1. The molecular weight excluding hydrogens is 329 g/mol. The van der Waals surface area contributed by atoms with Crippen LogP contribution in [0.15, 0.2) is 12.1 Å². The molecule has 0 aromatic heterocycles. The van der Waals surface area contributed by atoms with Gasteiger partial charge in [0.25, 0.3) is 0 Å². The molecule has 5 nitrogen and oxygen atoms in total. The first-order valence-electron chi connectivity index (χ1n) is 6.96. The minimum atomic E-state index is -0.604. The summed E-state index contributed by atoms with van der Waals surface area (Å²) in [6.07, 6.45) is -0.905. The second-order valence-corrected chi connectivity index (χ2v) is 5.44. The van der Waals surface area contributed by atoms with E-state index in [1.807, 2.05) is 0 Å². The molecule has 0 fully saturated rings. The number of carbonyl (C=O) groups excluding carboxylic acids is 2. The van der Waals surface area contributed by atoms with Gasteiger partial charge in [-0.2, -0.15) is 0 Å². The molecule has 0 radical (unpaired) electrons. The molecule has 1 aromatic rings. The Morgan fingerprint density at radius 1 is 1.23 bits per heavy atom. The summed E-state index contributed by atoms with van der Waals surface area (Å²) in [5.74, 6) is -0.577. The van der Waals surface area contributed by atoms with Crippen LogP contribution in [0.25, 0.3) is 0 Å². The van der Waals surface area contributed by atoms with Gasteiger partial charge in [0.05, 0.1) is 34.0 Å². The monoisotopic (exact) mass is 347 g/mol. The largest absolute Gasteiger partial charge is 0.462 e. The molecule has 1 aromatic carbocycles. The SMILES string of the molecule is CCOC(=O)c1ccc(Cl)c(Cl)c1N(CC)C(=O)OC(C)C. The van der Waals surface area contributed by atoms with E-state index in [9.17, 15) is 9.59 Å². The summed E-state index contributed by atoms with van der Waals surface area (Å²) in [6.45, 7) is 7.38. The molecule has 0 heterocycles. The van der Waals surface area contributed by atoms with E-state index in [0.29, 0.717) is 0 Å². The Hall–Kier alpha value is -1.46. The van der Waals surface area contributed by atoms with Gasteiger partial charge in [-0.05, 0) is 39.8 Å². The maximum absolute atomic E-state index is 12.2.